The summed E-state index contributed by atoms with van der Waals surface area (Å²) in [6.45, 7) is 2.01. The van der Waals surface area contributed by atoms with Crippen LogP contribution in [0.5, 0.6) is 0 Å². The smallest absolute Gasteiger partial charge is 0.417 e. The number of halogens is 5. The molecule has 1 N–H and O–H groups in total. The van der Waals surface area contributed by atoms with Crippen molar-refractivity contribution >= 4 is 40.1 Å². The average Bonchev–Trinajstić information content (AvgIpc) is 2.78. The van der Waals surface area contributed by atoms with E-state index in [2.05, 4.69) is 0 Å². The Morgan fingerprint density at radius 3 is 2.48 bits per heavy atom. The topological polar surface area (TPSA) is 42.2 Å². The van der Waals surface area contributed by atoms with Crippen molar-refractivity contribution in [1.29, 1.82) is 0 Å². The first kappa shape index (κ1) is 19.6. The number of carboxylic acids is 1. The number of benzene rings is 2. The highest BCUT2D eigenvalue weighted by molar-refractivity contribution is 6.32. The summed E-state index contributed by atoms with van der Waals surface area (Å²) in [5.74, 6) is -1.12. The Bertz CT molecular complexity index is 1040. The molecule has 3 nitrogen and oxygen atoms in total. The van der Waals surface area contributed by atoms with Crippen molar-refractivity contribution < 1.29 is 23.1 Å². The lowest BCUT2D eigenvalue weighted by molar-refractivity contribution is -0.137. The van der Waals surface area contributed by atoms with Crippen LogP contribution >= 0.6 is 23.2 Å². The van der Waals surface area contributed by atoms with Crippen LogP contribution in [0.15, 0.2) is 36.4 Å². The number of fused-ring (bicyclic) bond motifs is 1. The molecule has 0 aliphatic carbocycles. The van der Waals surface area contributed by atoms with Crippen molar-refractivity contribution in [3.8, 4) is 0 Å². The molecule has 0 aliphatic heterocycles. The molecule has 1 heterocycles. The molecule has 0 bridgehead atoms. The van der Waals surface area contributed by atoms with Crippen LogP contribution in [0.2, 0.25) is 10.0 Å². The number of carbonyl (C=O) groups is 1. The van der Waals surface area contributed by atoms with Gasteiger partial charge < -0.3 is 9.67 Å². The zero-order chi connectivity index (χ0) is 19.9. The Hall–Kier alpha value is -2.18. The highest BCUT2D eigenvalue weighted by Crippen LogP contribution is 2.39. The Labute approximate surface area is 162 Å². The molecular weight excluding hydrogens is 402 g/mol. The minimum absolute atomic E-state index is 0.230. The van der Waals surface area contributed by atoms with Gasteiger partial charge in [0, 0.05) is 22.6 Å². The van der Waals surface area contributed by atoms with Gasteiger partial charge in [-0.2, -0.15) is 13.2 Å². The molecule has 0 atom stereocenters. The lowest BCUT2D eigenvalue weighted by Crippen LogP contribution is -2.06. The molecule has 0 radical (unpaired) electrons. The summed E-state index contributed by atoms with van der Waals surface area (Å²) in [4.78, 5) is 11.3. The van der Waals surface area contributed by atoms with E-state index < -0.39 is 22.7 Å². The van der Waals surface area contributed by atoms with Gasteiger partial charge in [0.25, 0.3) is 0 Å². The predicted molar refractivity (Wildman–Crippen MR) is 98.6 cm³/mol. The fourth-order valence-corrected chi connectivity index (χ4v) is 3.66. The molecule has 0 spiro atoms. The first-order chi connectivity index (χ1) is 12.6. The van der Waals surface area contributed by atoms with E-state index in [9.17, 15) is 23.1 Å². The van der Waals surface area contributed by atoms with Crippen LogP contribution in [-0.4, -0.2) is 15.6 Å². The molecule has 3 rings (SSSR count). The van der Waals surface area contributed by atoms with Gasteiger partial charge in [-0.25, -0.2) is 0 Å². The van der Waals surface area contributed by atoms with Crippen molar-refractivity contribution in [2.24, 2.45) is 0 Å². The number of hydrogen-bond donors (Lipinski definition) is 1. The minimum Gasteiger partial charge on any atom is -0.481 e. The van der Waals surface area contributed by atoms with E-state index in [0.717, 1.165) is 11.6 Å². The van der Waals surface area contributed by atoms with Crippen LogP contribution in [0, 0.1) is 6.92 Å². The summed E-state index contributed by atoms with van der Waals surface area (Å²) in [7, 11) is 0. The molecule has 0 amide bonds. The standard InChI is InChI=1S/C19H14Cl2F3NO2/c1-10-13(7-18(26)27)14-6-15(19(22,23)24)16(21)8-17(14)25(10)9-11-3-2-4-12(20)5-11/h2-6,8H,7,9H2,1H3,(H,26,27). The molecule has 0 saturated carbocycles. The minimum atomic E-state index is -4.63. The van der Waals surface area contributed by atoms with Crippen LogP contribution in [0.25, 0.3) is 10.9 Å². The van der Waals surface area contributed by atoms with Crippen LogP contribution in [-0.2, 0) is 23.9 Å². The second kappa shape index (κ2) is 7.09. The number of nitrogens with zero attached hydrogens (tertiary/aromatic N) is 1. The molecule has 3 aromatic rings. The summed E-state index contributed by atoms with van der Waals surface area (Å²) in [5, 5.41) is 9.53. The molecular formula is C19H14Cl2F3NO2. The summed E-state index contributed by atoms with van der Waals surface area (Å²) in [5.41, 5.74) is 1.20. The van der Waals surface area contributed by atoms with Gasteiger partial charge in [0.15, 0.2) is 0 Å². The highest BCUT2D eigenvalue weighted by atomic mass is 35.5. The van der Waals surface area contributed by atoms with E-state index in [0.29, 0.717) is 28.3 Å². The Kier molecular flexibility index (Phi) is 5.14. The number of hydrogen-bond acceptors (Lipinski definition) is 1. The third-order valence-electron chi connectivity index (χ3n) is 4.41. The summed E-state index contributed by atoms with van der Waals surface area (Å²) in [6.07, 6.45) is -5.02. The Morgan fingerprint density at radius 2 is 1.89 bits per heavy atom. The van der Waals surface area contributed by atoms with Crippen molar-refractivity contribution in [2.45, 2.75) is 26.1 Å². The van der Waals surface area contributed by atoms with Crippen LogP contribution in [0.1, 0.15) is 22.4 Å². The molecule has 0 unspecified atom stereocenters. The average molecular weight is 416 g/mol. The number of rotatable bonds is 4. The number of alkyl halides is 3. The molecule has 142 valence electrons. The van der Waals surface area contributed by atoms with E-state index in [1.807, 2.05) is 6.07 Å². The molecule has 0 fully saturated rings. The van der Waals surface area contributed by atoms with Crippen LogP contribution < -0.4 is 0 Å². The fourth-order valence-electron chi connectivity index (χ4n) is 3.18. The van der Waals surface area contributed by atoms with Crippen molar-refractivity contribution in [3.63, 3.8) is 0 Å². The fraction of sp³-hybridized carbons (Fsp3) is 0.211. The zero-order valence-electron chi connectivity index (χ0n) is 14.1. The molecule has 2 aromatic carbocycles. The molecule has 1 aromatic heterocycles. The van der Waals surface area contributed by atoms with E-state index in [1.54, 1.807) is 29.7 Å². The van der Waals surface area contributed by atoms with Gasteiger partial charge >= 0.3 is 12.1 Å². The zero-order valence-corrected chi connectivity index (χ0v) is 15.6. The SMILES string of the molecule is Cc1c(CC(=O)O)c2cc(C(F)(F)F)c(Cl)cc2n1Cc1cccc(Cl)c1. The summed E-state index contributed by atoms with van der Waals surface area (Å²) in [6, 6.07) is 9.23. The second-order valence-electron chi connectivity index (χ2n) is 6.20. The largest absolute Gasteiger partial charge is 0.481 e. The van der Waals surface area contributed by atoms with Crippen molar-refractivity contribution in [2.75, 3.05) is 0 Å². The molecule has 27 heavy (non-hydrogen) atoms. The molecule has 0 aliphatic rings. The Morgan fingerprint density at radius 1 is 1.19 bits per heavy atom. The quantitative estimate of drug-likeness (QED) is 0.571. The maximum absolute atomic E-state index is 13.2. The summed E-state index contributed by atoms with van der Waals surface area (Å²) < 4.78 is 41.5. The normalized spacial score (nSPS) is 11.9. The van der Waals surface area contributed by atoms with Crippen molar-refractivity contribution in [3.05, 3.63) is 68.8 Å². The first-order valence-electron chi connectivity index (χ1n) is 7.92. The van der Waals surface area contributed by atoms with E-state index >= 15 is 0 Å². The number of carboxylic acid groups (broad SMARTS) is 1. The van der Waals surface area contributed by atoms with Gasteiger partial charge in [-0.3, -0.25) is 4.79 Å². The lowest BCUT2D eigenvalue weighted by Gasteiger charge is -2.12. The van der Waals surface area contributed by atoms with E-state index in [-0.39, 0.29) is 11.8 Å². The Balaban J connectivity index is 2.25. The van der Waals surface area contributed by atoms with E-state index in [1.165, 1.54) is 6.07 Å². The van der Waals surface area contributed by atoms with Gasteiger partial charge in [-0.15, -0.1) is 0 Å². The maximum Gasteiger partial charge on any atom is 0.417 e. The van der Waals surface area contributed by atoms with Gasteiger partial charge in [0.05, 0.1) is 22.5 Å². The van der Waals surface area contributed by atoms with Gasteiger partial charge in [-0.05, 0) is 42.3 Å². The highest BCUT2D eigenvalue weighted by Gasteiger charge is 2.34. The van der Waals surface area contributed by atoms with E-state index in [4.69, 9.17) is 23.2 Å². The van der Waals surface area contributed by atoms with Crippen molar-refractivity contribution in [1.82, 2.24) is 4.57 Å². The predicted octanol–water partition coefficient (Wildman–Crippen LogP) is 5.95. The number of aromatic nitrogens is 1. The third kappa shape index (κ3) is 3.92. The lowest BCUT2D eigenvalue weighted by atomic mass is 10.1. The summed E-state index contributed by atoms with van der Waals surface area (Å²) >= 11 is 11.9. The monoisotopic (exact) mass is 415 g/mol. The molecule has 0 saturated heterocycles. The molecule has 8 heteroatoms. The third-order valence-corrected chi connectivity index (χ3v) is 4.95. The van der Waals surface area contributed by atoms with Crippen LogP contribution in [0.4, 0.5) is 13.2 Å². The van der Waals surface area contributed by atoms with Gasteiger partial charge in [0.2, 0.25) is 0 Å². The maximum atomic E-state index is 13.2. The number of aliphatic carboxylic acids is 1. The first-order valence-corrected chi connectivity index (χ1v) is 8.68. The van der Waals surface area contributed by atoms with Gasteiger partial charge in [-0.1, -0.05) is 35.3 Å². The van der Waals surface area contributed by atoms with Gasteiger partial charge in [0.1, 0.15) is 0 Å². The van der Waals surface area contributed by atoms with Crippen LogP contribution in [0.3, 0.4) is 0 Å². The second-order valence-corrected chi connectivity index (χ2v) is 7.04.